The molecule has 14 heteroatoms. The van der Waals surface area contributed by atoms with Gasteiger partial charge in [-0.2, -0.15) is 31.6 Å². The second kappa shape index (κ2) is 26.0. The fourth-order valence-corrected chi connectivity index (χ4v) is 14.1. The van der Waals surface area contributed by atoms with Gasteiger partial charge in [0.25, 0.3) is 0 Å². The third kappa shape index (κ3) is 10.9. The first-order chi connectivity index (χ1) is 51.3. The Labute approximate surface area is 596 Å². The van der Waals surface area contributed by atoms with Crippen LogP contribution in [0.15, 0.2) is 291 Å². The summed E-state index contributed by atoms with van der Waals surface area (Å²) in [5.41, 5.74) is 16.7. The molecule has 0 saturated heterocycles. The van der Waals surface area contributed by atoms with E-state index < -0.39 is 0 Å². The van der Waals surface area contributed by atoms with Gasteiger partial charge in [-0.05, 0) is 125 Å². The van der Waals surface area contributed by atoms with Crippen molar-refractivity contribution in [3.8, 4) is 161 Å². The summed E-state index contributed by atoms with van der Waals surface area (Å²) in [7, 11) is 0. The van der Waals surface area contributed by atoms with Crippen LogP contribution in [0.2, 0.25) is 0 Å². The molecule has 0 bridgehead atoms. The third-order valence-corrected chi connectivity index (χ3v) is 18.8. The molecule has 0 aliphatic rings. The molecule has 0 radical (unpaired) electrons. The first kappa shape index (κ1) is 62.0. The molecule has 0 spiro atoms. The Morgan fingerprint density at radius 2 is 0.500 bits per heavy atom. The maximum Gasteiger partial charge on any atom is 0.164 e. The van der Waals surface area contributed by atoms with Crippen LogP contribution in [0, 0.1) is 68.0 Å². The quantitative estimate of drug-likeness (QED) is 0.111. The van der Waals surface area contributed by atoms with Crippen molar-refractivity contribution in [1.82, 2.24) is 39.0 Å². The zero-order chi connectivity index (χ0) is 70.4. The van der Waals surface area contributed by atoms with Crippen LogP contribution >= 0.6 is 0 Å². The summed E-state index contributed by atoms with van der Waals surface area (Å²) in [5.74, 6) is 2.94. The Hall–Kier alpha value is -15.6. The van der Waals surface area contributed by atoms with Crippen LogP contribution in [-0.4, -0.2) is 39.0 Å². The highest BCUT2D eigenvalue weighted by molar-refractivity contribution is 6.13. The van der Waals surface area contributed by atoms with Crippen molar-refractivity contribution in [2.45, 2.75) is 0 Å². The van der Waals surface area contributed by atoms with E-state index in [9.17, 15) is 31.6 Å². The van der Waals surface area contributed by atoms with E-state index in [1.165, 1.54) is 24.3 Å². The largest absolute Gasteiger partial charge is 0.309 e. The SMILES string of the molecule is N#Cc1cc(C#N)c(-c2ccc3c(c2)c2ccccc2n3-c2ccc(-c3nc(-c4ccccc4)nc(-c4ccccc4)n3)cc2-c2cccc(-c3cc(-c4nc(-c5ccccc5)nc(-c5ccccc5)n4)ccc3-n3c4ccccc4c4cc(-c5c(C#N)cc(C#N)cc5C#N)ccc43)c2)c(C#N)c1. The van der Waals surface area contributed by atoms with Gasteiger partial charge in [-0.15, -0.1) is 0 Å². The molecule has 0 aliphatic carbocycles. The van der Waals surface area contributed by atoms with E-state index in [1.54, 1.807) is 0 Å². The van der Waals surface area contributed by atoms with Gasteiger partial charge in [0.1, 0.15) is 0 Å². The number of fused-ring (bicyclic) bond motifs is 6. The highest BCUT2D eigenvalue weighted by Crippen LogP contribution is 2.45. The van der Waals surface area contributed by atoms with E-state index in [4.69, 9.17) is 29.9 Å². The summed E-state index contributed by atoms with van der Waals surface area (Å²) in [4.78, 5) is 31.1. The van der Waals surface area contributed by atoms with Crippen molar-refractivity contribution in [1.29, 1.82) is 31.6 Å². The molecule has 4 aromatic heterocycles. The van der Waals surface area contributed by atoms with Crippen molar-refractivity contribution >= 4 is 43.6 Å². The van der Waals surface area contributed by atoms with E-state index in [1.807, 2.05) is 194 Å². The molecule has 104 heavy (non-hydrogen) atoms. The van der Waals surface area contributed by atoms with Gasteiger partial charge in [0, 0.05) is 77.2 Å². The molecule has 0 N–H and O–H groups in total. The van der Waals surface area contributed by atoms with E-state index in [-0.39, 0.29) is 33.4 Å². The smallest absolute Gasteiger partial charge is 0.164 e. The number of nitriles is 6. The van der Waals surface area contributed by atoms with Crippen molar-refractivity contribution in [2.24, 2.45) is 0 Å². The maximum atomic E-state index is 10.5. The third-order valence-electron chi connectivity index (χ3n) is 18.8. The highest BCUT2D eigenvalue weighted by atomic mass is 15.1. The summed E-state index contributed by atoms with van der Waals surface area (Å²) in [6.07, 6.45) is 0. The van der Waals surface area contributed by atoms with Crippen LogP contribution in [0.4, 0.5) is 0 Å². The molecule has 0 aliphatic heterocycles. The van der Waals surface area contributed by atoms with Gasteiger partial charge in [-0.1, -0.05) is 188 Å². The summed E-state index contributed by atoms with van der Waals surface area (Å²) in [5, 5.41) is 65.5. The predicted molar refractivity (Wildman–Crippen MR) is 405 cm³/mol. The van der Waals surface area contributed by atoms with E-state index in [0.717, 1.165) is 111 Å². The predicted octanol–water partition coefficient (Wildman–Crippen LogP) is 20.2. The minimum atomic E-state index is 0.221. The molecular formula is C90H48N14. The van der Waals surface area contributed by atoms with Crippen LogP contribution in [0.1, 0.15) is 33.4 Å². The number of nitrogens with zero attached hydrogens (tertiary/aromatic N) is 14. The lowest BCUT2D eigenvalue weighted by Crippen LogP contribution is -2.02. The zero-order valence-electron chi connectivity index (χ0n) is 55.0. The molecule has 0 atom stereocenters. The van der Waals surface area contributed by atoms with E-state index in [0.29, 0.717) is 57.2 Å². The van der Waals surface area contributed by atoms with Crippen LogP contribution < -0.4 is 0 Å². The average molecular weight is 1330 g/mol. The first-order valence-electron chi connectivity index (χ1n) is 33.2. The van der Waals surface area contributed by atoms with E-state index in [2.05, 4.69) is 118 Å². The van der Waals surface area contributed by atoms with Gasteiger partial charge >= 0.3 is 0 Å². The van der Waals surface area contributed by atoms with Crippen LogP contribution in [-0.2, 0) is 0 Å². The minimum absolute atomic E-state index is 0.221. The normalized spacial score (nSPS) is 11.0. The number of aromatic nitrogens is 8. The van der Waals surface area contributed by atoms with Gasteiger partial charge in [0.05, 0.1) is 103 Å². The van der Waals surface area contributed by atoms with Crippen LogP contribution in [0.25, 0.3) is 168 Å². The fourth-order valence-electron chi connectivity index (χ4n) is 14.1. The van der Waals surface area contributed by atoms with Crippen molar-refractivity contribution in [2.75, 3.05) is 0 Å². The fraction of sp³-hybridized carbons (Fsp3) is 0. The summed E-state index contributed by atoms with van der Waals surface area (Å²) in [6, 6.07) is 108. The lowest BCUT2D eigenvalue weighted by Gasteiger charge is -2.19. The zero-order valence-corrected chi connectivity index (χ0v) is 55.0. The molecule has 4 heterocycles. The van der Waals surface area contributed by atoms with Gasteiger partial charge in [0.15, 0.2) is 34.9 Å². The number of rotatable bonds is 12. The molecule has 17 aromatic rings. The Kier molecular flexibility index (Phi) is 15.5. The average Bonchev–Trinajstić information content (AvgIpc) is 1.57. The molecule has 17 rings (SSSR count). The Bertz CT molecular complexity index is 6090. The molecule has 478 valence electrons. The topological polar surface area (TPSA) is 230 Å². The van der Waals surface area contributed by atoms with Crippen LogP contribution in [0.5, 0.6) is 0 Å². The first-order valence-corrected chi connectivity index (χ1v) is 33.2. The maximum absolute atomic E-state index is 10.5. The van der Waals surface area contributed by atoms with Crippen molar-refractivity contribution in [3.63, 3.8) is 0 Å². The van der Waals surface area contributed by atoms with Crippen molar-refractivity contribution < 1.29 is 0 Å². The summed E-state index contributed by atoms with van der Waals surface area (Å²) >= 11 is 0. The number of hydrogen-bond acceptors (Lipinski definition) is 12. The number of benzene rings is 13. The van der Waals surface area contributed by atoms with Gasteiger partial charge in [-0.25, -0.2) is 29.9 Å². The monoisotopic (exact) mass is 1320 g/mol. The minimum Gasteiger partial charge on any atom is -0.309 e. The second-order valence-electron chi connectivity index (χ2n) is 24.9. The standard InChI is InChI=1S/C90H48N14/c91-49-55-40-67(51-93)83(68(41-55)52-94)63-32-36-81-75(45-63)71-28-13-15-30-77(71)103(81)79-38-34-65(89-99-85(57-18-5-1-6-19-57)97-86(100-89)58-20-7-2-8-21-58)47-73(79)61-26-17-27-62(44-61)74-48-66(90-101-87(59-22-9-3-10-23-59)98-88(102-90)60-24-11-4-12-25-60)35-39-80(74)104-78-31-16-14-29-72(78)76-46-64(33-37-82(76)104)84-69(53-95)42-56(50-92)43-70(84)54-96/h1-48H. The Balaban J connectivity index is 0.925. The number of para-hydroxylation sites is 2. The van der Waals surface area contributed by atoms with Crippen molar-refractivity contribution in [3.05, 3.63) is 325 Å². The summed E-state index contributed by atoms with van der Waals surface area (Å²) < 4.78 is 4.50. The lowest BCUT2D eigenvalue weighted by atomic mass is 9.92. The molecule has 0 amide bonds. The molecule has 14 nitrogen and oxygen atoms in total. The molecule has 0 fully saturated rings. The molecule has 13 aromatic carbocycles. The second-order valence-corrected chi connectivity index (χ2v) is 24.9. The van der Waals surface area contributed by atoms with Crippen LogP contribution in [0.3, 0.4) is 0 Å². The lowest BCUT2D eigenvalue weighted by molar-refractivity contribution is 1.07. The molecule has 0 saturated carbocycles. The number of hydrogen-bond donors (Lipinski definition) is 0. The Morgan fingerprint density at radius 1 is 0.212 bits per heavy atom. The molecular weight excluding hydrogens is 1280 g/mol. The van der Waals surface area contributed by atoms with E-state index >= 15 is 0 Å². The summed E-state index contributed by atoms with van der Waals surface area (Å²) in [6.45, 7) is 0. The highest BCUT2D eigenvalue weighted by Gasteiger charge is 2.25. The van der Waals surface area contributed by atoms with Gasteiger partial charge < -0.3 is 9.13 Å². The van der Waals surface area contributed by atoms with Gasteiger partial charge in [0.2, 0.25) is 0 Å². The Morgan fingerprint density at radius 3 is 0.827 bits per heavy atom. The molecule has 0 unspecified atom stereocenters. The van der Waals surface area contributed by atoms with Gasteiger partial charge in [-0.3, -0.25) is 0 Å².